The Bertz CT molecular complexity index is 171. The molecule has 1 aliphatic carbocycles. The highest BCUT2D eigenvalue weighted by Gasteiger charge is 2.59. The lowest BCUT2D eigenvalue weighted by Gasteiger charge is -2.31. The summed E-state index contributed by atoms with van der Waals surface area (Å²) in [5, 5.41) is 9.28. The summed E-state index contributed by atoms with van der Waals surface area (Å²) in [7, 11) is 0. The largest absolute Gasteiger partial charge is 0.417 e. The molecule has 1 saturated carbocycles. The van der Waals surface area contributed by atoms with Crippen LogP contribution in [0.3, 0.4) is 0 Å². The highest BCUT2D eigenvalue weighted by molar-refractivity contribution is 4.98. The van der Waals surface area contributed by atoms with Gasteiger partial charge < -0.3 is 10.8 Å². The molecule has 0 radical (unpaired) electrons. The van der Waals surface area contributed by atoms with Gasteiger partial charge in [0.15, 0.2) is 5.60 Å². The Hall–Kier alpha value is -0.290. The molecule has 72 valence electrons. The monoisotopic (exact) mass is 183 g/mol. The van der Waals surface area contributed by atoms with Gasteiger partial charge in [-0.2, -0.15) is 13.2 Å². The average molecular weight is 183 g/mol. The van der Waals surface area contributed by atoms with Crippen molar-refractivity contribution in [3.05, 3.63) is 0 Å². The second-order valence-electron chi connectivity index (χ2n) is 3.25. The quantitative estimate of drug-likeness (QED) is 0.638. The molecule has 0 saturated heterocycles. The van der Waals surface area contributed by atoms with Gasteiger partial charge in [0.2, 0.25) is 0 Å². The van der Waals surface area contributed by atoms with E-state index in [2.05, 4.69) is 0 Å². The van der Waals surface area contributed by atoms with Gasteiger partial charge in [0.25, 0.3) is 0 Å². The molecular formula is C7H12F3NO. The number of alkyl halides is 3. The molecule has 3 N–H and O–H groups in total. The lowest BCUT2D eigenvalue weighted by atomic mass is 9.90. The number of aliphatic hydroxyl groups is 1. The molecule has 12 heavy (non-hydrogen) atoms. The van der Waals surface area contributed by atoms with Gasteiger partial charge in [0, 0.05) is 5.92 Å². The maximum Gasteiger partial charge on any atom is 0.417 e. The Morgan fingerprint density at radius 1 is 1.50 bits per heavy atom. The van der Waals surface area contributed by atoms with Gasteiger partial charge in [-0.15, -0.1) is 0 Å². The van der Waals surface area contributed by atoms with Gasteiger partial charge in [0.05, 0.1) is 0 Å². The van der Waals surface area contributed by atoms with E-state index in [9.17, 15) is 18.3 Å². The smallest absolute Gasteiger partial charge is 0.380 e. The van der Waals surface area contributed by atoms with Crippen molar-refractivity contribution in [3.8, 4) is 0 Å². The van der Waals surface area contributed by atoms with Gasteiger partial charge >= 0.3 is 6.18 Å². The van der Waals surface area contributed by atoms with Crippen LogP contribution in [0.2, 0.25) is 0 Å². The summed E-state index contributed by atoms with van der Waals surface area (Å²) in [6.45, 7) is -0.101. The van der Waals surface area contributed by atoms with Crippen LogP contribution < -0.4 is 5.73 Å². The first-order valence-corrected chi connectivity index (χ1v) is 3.91. The standard InChI is InChI=1S/C7H12F3NO/c8-7(9,10)6(12)3-1-2-5(6)4-11/h5,12H,1-4,11H2. The Labute approximate surface area is 68.6 Å². The zero-order valence-corrected chi connectivity index (χ0v) is 6.56. The first-order valence-electron chi connectivity index (χ1n) is 3.91. The molecule has 0 heterocycles. The summed E-state index contributed by atoms with van der Waals surface area (Å²) < 4.78 is 36.8. The Morgan fingerprint density at radius 2 is 2.08 bits per heavy atom. The number of nitrogens with two attached hydrogens (primary N) is 1. The van der Waals surface area contributed by atoms with E-state index in [1.165, 1.54) is 0 Å². The van der Waals surface area contributed by atoms with Crippen molar-refractivity contribution in [2.45, 2.75) is 31.0 Å². The topological polar surface area (TPSA) is 46.2 Å². The van der Waals surface area contributed by atoms with E-state index in [1.54, 1.807) is 0 Å². The van der Waals surface area contributed by atoms with Crippen LogP contribution in [0.5, 0.6) is 0 Å². The van der Waals surface area contributed by atoms with Crippen LogP contribution >= 0.6 is 0 Å². The summed E-state index contributed by atoms with van der Waals surface area (Å²) in [5.41, 5.74) is 2.62. The van der Waals surface area contributed by atoms with E-state index in [0.29, 0.717) is 12.8 Å². The predicted octanol–water partition coefficient (Wildman–Crippen LogP) is 1.04. The Morgan fingerprint density at radius 3 is 2.42 bits per heavy atom. The normalized spacial score (nSPS) is 37.2. The Balaban J connectivity index is 2.82. The summed E-state index contributed by atoms with van der Waals surface area (Å²) in [6.07, 6.45) is -3.98. The molecule has 0 amide bonds. The molecule has 2 unspecified atom stereocenters. The van der Waals surface area contributed by atoms with Crippen molar-refractivity contribution in [2.75, 3.05) is 6.54 Å². The van der Waals surface area contributed by atoms with Crippen molar-refractivity contribution in [3.63, 3.8) is 0 Å². The lowest BCUT2D eigenvalue weighted by Crippen LogP contribution is -2.50. The van der Waals surface area contributed by atoms with Crippen molar-refractivity contribution < 1.29 is 18.3 Å². The average Bonchev–Trinajstić information content (AvgIpc) is 2.30. The first kappa shape index (κ1) is 9.80. The minimum Gasteiger partial charge on any atom is -0.380 e. The number of halogens is 3. The van der Waals surface area contributed by atoms with Crippen LogP contribution in [0.1, 0.15) is 19.3 Å². The molecule has 2 nitrogen and oxygen atoms in total. The third-order valence-corrected chi connectivity index (χ3v) is 2.56. The maximum absolute atomic E-state index is 12.3. The molecule has 0 aromatic rings. The van der Waals surface area contributed by atoms with E-state index in [0.717, 1.165) is 0 Å². The molecule has 1 aliphatic rings. The van der Waals surface area contributed by atoms with Crippen LogP contribution in [0, 0.1) is 5.92 Å². The summed E-state index contributed by atoms with van der Waals surface area (Å²) in [5.74, 6) is -0.822. The van der Waals surface area contributed by atoms with Crippen LogP contribution in [-0.4, -0.2) is 23.4 Å². The van der Waals surface area contributed by atoms with E-state index >= 15 is 0 Å². The summed E-state index contributed by atoms with van der Waals surface area (Å²) >= 11 is 0. The van der Waals surface area contributed by atoms with Gasteiger partial charge in [-0.25, -0.2) is 0 Å². The maximum atomic E-state index is 12.3. The minimum atomic E-state index is -4.53. The van der Waals surface area contributed by atoms with Crippen LogP contribution in [0.25, 0.3) is 0 Å². The van der Waals surface area contributed by atoms with E-state index in [1.807, 2.05) is 0 Å². The highest BCUT2D eigenvalue weighted by Crippen LogP contribution is 2.46. The third kappa shape index (κ3) is 1.31. The molecule has 0 spiro atoms. The molecule has 0 aromatic carbocycles. The molecule has 1 rings (SSSR count). The van der Waals surface area contributed by atoms with Gasteiger partial charge in [-0.1, -0.05) is 0 Å². The molecular weight excluding hydrogens is 171 g/mol. The van der Waals surface area contributed by atoms with E-state index < -0.39 is 17.7 Å². The Kier molecular flexibility index (Phi) is 2.35. The van der Waals surface area contributed by atoms with Gasteiger partial charge in [0.1, 0.15) is 0 Å². The van der Waals surface area contributed by atoms with Gasteiger partial charge in [-0.05, 0) is 25.8 Å². The number of hydrogen-bond donors (Lipinski definition) is 2. The zero-order chi connectivity index (χ0) is 9.41. The molecule has 0 bridgehead atoms. The fourth-order valence-corrected chi connectivity index (χ4v) is 1.75. The van der Waals surface area contributed by atoms with Crippen molar-refractivity contribution in [1.82, 2.24) is 0 Å². The fourth-order valence-electron chi connectivity index (χ4n) is 1.75. The number of rotatable bonds is 1. The minimum absolute atomic E-state index is 0.101. The van der Waals surface area contributed by atoms with E-state index in [-0.39, 0.29) is 13.0 Å². The highest BCUT2D eigenvalue weighted by atomic mass is 19.4. The number of hydrogen-bond acceptors (Lipinski definition) is 2. The van der Waals surface area contributed by atoms with Crippen molar-refractivity contribution in [2.24, 2.45) is 11.7 Å². The van der Waals surface area contributed by atoms with Crippen LogP contribution in [-0.2, 0) is 0 Å². The second kappa shape index (κ2) is 2.88. The second-order valence-corrected chi connectivity index (χ2v) is 3.25. The first-order chi connectivity index (χ1) is 5.42. The fraction of sp³-hybridized carbons (Fsp3) is 1.00. The lowest BCUT2D eigenvalue weighted by molar-refractivity contribution is -0.271. The van der Waals surface area contributed by atoms with Gasteiger partial charge in [-0.3, -0.25) is 0 Å². The van der Waals surface area contributed by atoms with Crippen LogP contribution in [0.15, 0.2) is 0 Å². The summed E-state index contributed by atoms with van der Waals surface area (Å²) in [4.78, 5) is 0. The van der Waals surface area contributed by atoms with Crippen LogP contribution in [0.4, 0.5) is 13.2 Å². The van der Waals surface area contributed by atoms with Crippen molar-refractivity contribution >= 4 is 0 Å². The molecule has 5 heteroatoms. The molecule has 0 aliphatic heterocycles. The summed E-state index contributed by atoms with van der Waals surface area (Å²) in [6, 6.07) is 0. The predicted molar refractivity (Wildman–Crippen MR) is 37.4 cm³/mol. The molecule has 1 fully saturated rings. The third-order valence-electron chi connectivity index (χ3n) is 2.56. The molecule has 0 aromatic heterocycles. The zero-order valence-electron chi connectivity index (χ0n) is 6.56. The van der Waals surface area contributed by atoms with Crippen molar-refractivity contribution in [1.29, 1.82) is 0 Å². The molecule has 2 atom stereocenters. The SMILES string of the molecule is NCC1CCCC1(O)C(F)(F)F. The van der Waals surface area contributed by atoms with E-state index in [4.69, 9.17) is 5.73 Å².